The van der Waals surface area contributed by atoms with E-state index >= 15 is 0 Å². The molecule has 0 fully saturated rings. The van der Waals surface area contributed by atoms with Gasteiger partial charge < -0.3 is 19.8 Å². The molecule has 1 aliphatic rings. The summed E-state index contributed by atoms with van der Waals surface area (Å²) < 4.78 is 1.30. The van der Waals surface area contributed by atoms with Gasteiger partial charge in [0.1, 0.15) is 5.71 Å². The largest absolute Gasteiger partial charge is 0.494 e. The minimum absolute atomic E-state index is 0.157. The number of fused-ring (bicyclic) bond motifs is 2. The summed E-state index contributed by atoms with van der Waals surface area (Å²) in [5.41, 5.74) is 2.05. The molecule has 0 atom stereocenters. The zero-order valence-electron chi connectivity index (χ0n) is 19.4. The van der Waals surface area contributed by atoms with E-state index < -0.39 is 0 Å². The molecule has 8 nitrogen and oxygen atoms in total. The number of aromatic nitrogens is 1. The summed E-state index contributed by atoms with van der Waals surface area (Å²) in [6.07, 6.45) is 0. The van der Waals surface area contributed by atoms with Crippen LogP contribution in [0.15, 0.2) is 53.5 Å². The van der Waals surface area contributed by atoms with Crippen molar-refractivity contribution >= 4 is 34.1 Å². The van der Waals surface area contributed by atoms with Crippen LogP contribution in [-0.2, 0) is 0 Å². The molecular formula is C25H29N5O3. The first-order valence-corrected chi connectivity index (χ1v) is 10.9. The molecule has 172 valence electrons. The minimum atomic E-state index is -0.331. The van der Waals surface area contributed by atoms with Crippen molar-refractivity contribution in [3.63, 3.8) is 0 Å². The van der Waals surface area contributed by atoms with E-state index in [4.69, 9.17) is 0 Å². The summed E-state index contributed by atoms with van der Waals surface area (Å²) in [4.78, 5) is 37.1. The van der Waals surface area contributed by atoms with Gasteiger partial charge in [-0.05, 0) is 46.4 Å². The number of hydrogen-bond donors (Lipinski definition) is 1. The van der Waals surface area contributed by atoms with Crippen molar-refractivity contribution in [2.24, 2.45) is 4.99 Å². The van der Waals surface area contributed by atoms with Crippen molar-refractivity contribution in [3.8, 4) is 5.88 Å². The molecule has 2 heterocycles. The number of para-hydroxylation sites is 2. The molecular weight excluding hydrogens is 418 g/mol. The van der Waals surface area contributed by atoms with Crippen molar-refractivity contribution in [1.82, 2.24) is 19.3 Å². The van der Waals surface area contributed by atoms with Gasteiger partial charge in [0, 0.05) is 37.1 Å². The van der Waals surface area contributed by atoms with E-state index in [9.17, 15) is 14.7 Å². The molecule has 1 N–H and O–H groups in total. The molecule has 2 aromatic carbocycles. The summed E-state index contributed by atoms with van der Waals surface area (Å²) in [5, 5.41) is 11.9. The predicted molar refractivity (Wildman–Crippen MR) is 130 cm³/mol. The molecule has 0 radical (unpaired) electrons. The molecule has 3 aromatic rings. The van der Waals surface area contributed by atoms with Crippen LogP contribution in [0.4, 0.5) is 10.5 Å². The zero-order valence-corrected chi connectivity index (χ0v) is 19.4. The molecule has 0 saturated heterocycles. The fourth-order valence-corrected chi connectivity index (χ4v) is 3.97. The van der Waals surface area contributed by atoms with Crippen LogP contribution in [0, 0.1) is 0 Å². The van der Waals surface area contributed by atoms with Crippen LogP contribution in [0.1, 0.15) is 15.9 Å². The first-order chi connectivity index (χ1) is 15.8. The molecule has 33 heavy (non-hydrogen) atoms. The molecule has 1 amide bonds. The van der Waals surface area contributed by atoms with Crippen LogP contribution in [0.5, 0.6) is 5.88 Å². The van der Waals surface area contributed by atoms with Gasteiger partial charge >= 0.3 is 6.03 Å². The van der Waals surface area contributed by atoms with Crippen molar-refractivity contribution < 1.29 is 14.7 Å². The van der Waals surface area contributed by atoms with Crippen LogP contribution >= 0.6 is 0 Å². The average molecular weight is 448 g/mol. The topological polar surface area (TPSA) is 81.4 Å². The maximum atomic E-state index is 13.7. The zero-order chi connectivity index (χ0) is 23.7. The Morgan fingerprint density at radius 1 is 0.909 bits per heavy atom. The monoisotopic (exact) mass is 447 g/mol. The number of nitrogens with zero attached hydrogens (tertiary/aromatic N) is 5. The molecule has 1 aliphatic heterocycles. The lowest BCUT2D eigenvalue weighted by Crippen LogP contribution is -2.42. The Labute approximate surface area is 193 Å². The number of aromatic hydroxyl groups is 1. The van der Waals surface area contributed by atoms with E-state index in [0.29, 0.717) is 53.9 Å². The molecule has 1 aromatic heterocycles. The van der Waals surface area contributed by atoms with Gasteiger partial charge in [0.15, 0.2) is 0 Å². The van der Waals surface area contributed by atoms with Crippen LogP contribution < -0.4 is 0 Å². The van der Waals surface area contributed by atoms with Crippen molar-refractivity contribution in [2.75, 3.05) is 54.4 Å². The summed E-state index contributed by atoms with van der Waals surface area (Å²) in [5.74, 6) is -0.519. The van der Waals surface area contributed by atoms with E-state index in [1.54, 1.807) is 35.2 Å². The number of rotatable bonds is 7. The summed E-state index contributed by atoms with van der Waals surface area (Å²) in [7, 11) is 7.82. The van der Waals surface area contributed by atoms with Gasteiger partial charge in [-0.15, -0.1) is 0 Å². The second-order valence-electron chi connectivity index (χ2n) is 8.73. The highest BCUT2D eigenvalue weighted by Gasteiger charge is 2.33. The van der Waals surface area contributed by atoms with Crippen LogP contribution in [-0.4, -0.2) is 96.3 Å². The summed E-state index contributed by atoms with van der Waals surface area (Å²) in [6.45, 7) is 2.39. The number of likely N-dealkylation sites (N-methyl/N-ethyl adjacent to an activating group) is 2. The van der Waals surface area contributed by atoms with Gasteiger partial charge in [-0.1, -0.05) is 30.3 Å². The Hall–Kier alpha value is -3.49. The Balaban J connectivity index is 1.80. The standard InChI is InChI=1S/C25H29N5O3/c1-27(2)13-15-29(16-14-28(3)4)25(33)30-20-12-8-6-10-18(20)21(24(30)32)22-23(31)17-9-5-7-11-19(17)26-22/h5-12,32H,13-16H2,1-4H3. The number of carbonyl (C=O) groups excluding carboxylic acids is 2. The van der Waals surface area contributed by atoms with E-state index in [1.807, 2.05) is 56.2 Å². The number of benzene rings is 2. The van der Waals surface area contributed by atoms with E-state index in [0.717, 1.165) is 0 Å². The summed E-state index contributed by atoms with van der Waals surface area (Å²) >= 11 is 0. The predicted octanol–water partition coefficient (Wildman–Crippen LogP) is 3.06. The van der Waals surface area contributed by atoms with E-state index in [2.05, 4.69) is 4.99 Å². The quantitative estimate of drug-likeness (QED) is 0.602. The fraction of sp³-hybridized carbons (Fsp3) is 0.320. The third-order valence-corrected chi connectivity index (χ3v) is 5.78. The maximum absolute atomic E-state index is 13.7. The van der Waals surface area contributed by atoms with Crippen molar-refractivity contribution in [1.29, 1.82) is 0 Å². The summed E-state index contributed by atoms with van der Waals surface area (Å²) in [6, 6.07) is 14.0. The number of ketones is 1. The Kier molecular flexibility index (Phi) is 6.31. The van der Waals surface area contributed by atoms with Crippen LogP contribution in [0.25, 0.3) is 10.9 Å². The number of aliphatic imine (C=N–C) groups is 1. The minimum Gasteiger partial charge on any atom is -0.494 e. The van der Waals surface area contributed by atoms with Crippen LogP contribution in [0.3, 0.4) is 0 Å². The second-order valence-corrected chi connectivity index (χ2v) is 8.73. The third-order valence-electron chi connectivity index (χ3n) is 5.78. The van der Waals surface area contributed by atoms with Gasteiger partial charge in [-0.3, -0.25) is 4.79 Å². The number of carbonyl (C=O) groups is 2. The normalized spacial score (nSPS) is 13.2. The lowest BCUT2D eigenvalue weighted by atomic mass is 10.0. The highest BCUT2D eigenvalue weighted by molar-refractivity contribution is 6.56. The Morgan fingerprint density at radius 2 is 1.52 bits per heavy atom. The molecule has 0 aliphatic carbocycles. The number of hydrogen-bond acceptors (Lipinski definition) is 6. The van der Waals surface area contributed by atoms with Crippen molar-refractivity contribution in [2.45, 2.75) is 0 Å². The van der Waals surface area contributed by atoms with Gasteiger partial charge in [-0.2, -0.15) is 0 Å². The molecule has 0 bridgehead atoms. The molecule has 0 saturated carbocycles. The van der Waals surface area contributed by atoms with Gasteiger partial charge in [-0.25, -0.2) is 14.4 Å². The van der Waals surface area contributed by atoms with E-state index in [-0.39, 0.29) is 23.4 Å². The average Bonchev–Trinajstić information content (AvgIpc) is 3.26. The maximum Gasteiger partial charge on any atom is 0.331 e. The first kappa shape index (κ1) is 22.7. The Morgan fingerprint density at radius 3 is 2.15 bits per heavy atom. The smallest absolute Gasteiger partial charge is 0.331 e. The van der Waals surface area contributed by atoms with E-state index in [1.165, 1.54) is 4.57 Å². The molecule has 4 rings (SSSR count). The fourth-order valence-electron chi connectivity index (χ4n) is 3.97. The number of amides is 1. The SMILES string of the molecule is CN(C)CCN(CCN(C)C)C(=O)n1c(O)c(C2=Nc3ccccc3C2=O)c2ccccc21. The highest BCUT2D eigenvalue weighted by atomic mass is 16.3. The van der Waals surface area contributed by atoms with Crippen LogP contribution in [0.2, 0.25) is 0 Å². The highest BCUT2D eigenvalue weighted by Crippen LogP contribution is 2.37. The van der Waals surface area contributed by atoms with Gasteiger partial charge in [0.05, 0.1) is 16.8 Å². The van der Waals surface area contributed by atoms with Gasteiger partial charge in [0.25, 0.3) is 0 Å². The van der Waals surface area contributed by atoms with Crippen molar-refractivity contribution in [3.05, 3.63) is 59.7 Å². The molecule has 8 heteroatoms. The molecule has 0 spiro atoms. The third kappa shape index (κ3) is 4.27. The first-order valence-electron chi connectivity index (χ1n) is 10.9. The molecule has 0 unspecified atom stereocenters. The van der Waals surface area contributed by atoms with Gasteiger partial charge in [0.2, 0.25) is 11.7 Å². The Bertz CT molecular complexity index is 1230. The lowest BCUT2D eigenvalue weighted by Gasteiger charge is -2.26. The lowest BCUT2D eigenvalue weighted by molar-refractivity contribution is 0.106. The number of Topliss-reactive ketones (excluding diaryl/α,β-unsaturated/α-hetero) is 1. The second kappa shape index (κ2) is 9.17.